The largest absolute Gasteiger partial charge is 0.361 e. The van der Waals surface area contributed by atoms with Crippen LogP contribution in [0.15, 0.2) is 53.1 Å². The molecule has 0 aliphatic heterocycles. The fourth-order valence-corrected chi connectivity index (χ4v) is 3.59. The minimum atomic E-state index is 0.821. The van der Waals surface area contributed by atoms with Gasteiger partial charge in [-0.05, 0) is 38.0 Å². The molecule has 0 spiro atoms. The average Bonchev–Trinajstić information content (AvgIpc) is 3.14. The molecule has 0 saturated carbocycles. The van der Waals surface area contributed by atoms with Crippen LogP contribution in [0.2, 0.25) is 0 Å². The number of hydrogen-bond donors (Lipinski definition) is 0. The van der Waals surface area contributed by atoms with Crippen molar-refractivity contribution >= 4 is 11.3 Å². The molecule has 0 radical (unpaired) electrons. The Morgan fingerprint density at radius 3 is 2.52 bits per heavy atom. The van der Waals surface area contributed by atoms with E-state index in [-0.39, 0.29) is 0 Å². The lowest BCUT2D eigenvalue weighted by molar-refractivity contribution is 0.252. The van der Waals surface area contributed by atoms with E-state index in [1.807, 2.05) is 24.3 Å². The second-order valence-corrected chi connectivity index (χ2v) is 7.26. The summed E-state index contributed by atoms with van der Waals surface area (Å²) in [4.78, 5) is 5.20. The van der Waals surface area contributed by atoms with Crippen LogP contribution < -0.4 is 0 Å². The van der Waals surface area contributed by atoms with E-state index in [0.717, 1.165) is 37.5 Å². The van der Waals surface area contributed by atoms with Crippen molar-refractivity contribution in [3.63, 3.8) is 0 Å². The molecule has 0 amide bonds. The quantitative estimate of drug-likeness (QED) is 0.635. The normalized spacial score (nSPS) is 11.3. The highest BCUT2D eigenvalue weighted by atomic mass is 32.1. The Balaban J connectivity index is 1.67. The first-order chi connectivity index (χ1) is 11.2. The fraction of sp³-hybridized carbons (Fsp3) is 0.316. The molecule has 0 N–H and O–H groups in total. The third kappa shape index (κ3) is 4.78. The second kappa shape index (κ2) is 7.57. The van der Waals surface area contributed by atoms with Crippen molar-refractivity contribution in [3.05, 3.63) is 75.3 Å². The molecule has 3 aromatic rings. The lowest BCUT2D eigenvalue weighted by Gasteiger charge is -2.20. The van der Waals surface area contributed by atoms with Gasteiger partial charge in [-0.2, -0.15) is 0 Å². The van der Waals surface area contributed by atoms with E-state index in [2.05, 4.69) is 59.4 Å². The van der Waals surface area contributed by atoms with Gasteiger partial charge in [0.15, 0.2) is 0 Å². The van der Waals surface area contributed by atoms with Crippen molar-refractivity contribution in [2.75, 3.05) is 6.54 Å². The summed E-state index contributed by atoms with van der Waals surface area (Å²) >= 11 is 1.87. The van der Waals surface area contributed by atoms with E-state index < -0.39 is 0 Å². The summed E-state index contributed by atoms with van der Waals surface area (Å²) in [6.45, 7) is 6.88. The van der Waals surface area contributed by atoms with Crippen LogP contribution in [0.25, 0.3) is 0 Å². The Morgan fingerprint density at radius 2 is 1.87 bits per heavy atom. The van der Waals surface area contributed by atoms with Crippen LogP contribution in [0.5, 0.6) is 0 Å². The maximum atomic E-state index is 5.21. The molecule has 0 aliphatic carbocycles. The van der Waals surface area contributed by atoms with Crippen LogP contribution in [0, 0.1) is 13.8 Å². The monoisotopic (exact) mass is 326 g/mol. The van der Waals surface area contributed by atoms with Crippen molar-refractivity contribution in [2.45, 2.75) is 33.4 Å². The first-order valence-corrected chi connectivity index (χ1v) is 8.74. The Labute approximate surface area is 141 Å². The summed E-state index contributed by atoms with van der Waals surface area (Å²) in [6, 6.07) is 17.1. The highest BCUT2D eigenvalue weighted by Gasteiger charge is 2.11. The summed E-state index contributed by atoms with van der Waals surface area (Å²) < 4.78 is 5.21. The third-order valence-corrected chi connectivity index (χ3v) is 4.78. The number of hydrogen-bond acceptors (Lipinski definition) is 4. The predicted octanol–water partition coefficient (Wildman–Crippen LogP) is 4.60. The zero-order chi connectivity index (χ0) is 16.1. The minimum absolute atomic E-state index is 0.821. The lowest BCUT2D eigenvalue weighted by atomic mass is 10.1. The van der Waals surface area contributed by atoms with Gasteiger partial charge in [0, 0.05) is 35.5 Å². The molecule has 0 aliphatic rings. The number of benzene rings is 1. The number of rotatable bonds is 7. The Hall–Kier alpha value is -1.91. The second-order valence-electron chi connectivity index (χ2n) is 5.89. The van der Waals surface area contributed by atoms with Crippen LogP contribution in [-0.2, 0) is 19.5 Å². The average molecular weight is 326 g/mol. The molecule has 0 fully saturated rings. The maximum absolute atomic E-state index is 5.21. The highest BCUT2D eigenvalue weighted by molar-refractivity contribution is 7.11. The van der Waals surface area contributed by atoms with Crippen LogP contribution in [0.3, 0.4) is 0 Å². The van der Waals surface area contributed by atoms with Gasteiger partial charge < -0.3 is 4.52 Å². The summed E-state index contributed by atoms with van der Waals surface area (Å²) in [5.74, 6) is 0.870. The highest BCUT2D eigenvalue weighted by Crippen LogP contribution is 2.19. The van der Waals surface area contributed by atoms with Crippen molar-refractivity contribution in [1.82, 2.24) is 10.1 Å². The molecule has 0 unspecified atom stereocenters. The molecule has 0 atom stereocenters. The molecule has 2 aromatic heterocycles. The Morgan fingerprint density at radius 1 is 1.04 bits per heavy atom. The van der Waals surface area contributed by atoms with Gasteiger partial charge in [0.25, 0.3) is 0 Å². The molecule has 0 bridgehead atoms. The number of nitrogens with zero attached hydrogens (tertiary/aromatic N) is 2. The number of aromatic nitrogens is 1. The first kappa shape index (κ1) is 16.0. The van der Waals surface area contributed by atoms with Gasteiger partial charge in [-0.15, -0.1) is 11.3 Å². The van der Waals surface area contributed by atoms with Crippen LogP contribution in [-0.4, -0.2) is 16.6 Å². The zero-order valence-corrected chi connectivity index (χ0v) is 14.5. The molecular weight excluding hydrogens is 304 g/mol. The maximum Gasteiger partial charge on any atom is 0.133 e. The molecular formula is C19H22N2OS. The van der Waals surface area contributed by atoms with Crippen LogP contribution >= 0.6 is 11.3 Å². The van der Waals surface area contributed by atoms with Gasteiger partial charge in [0.1, 0.15) is 5.76 Å². The van der Waals surface area contributed by atoms with E-state index in [9.17, 15) is 0 Å². The van der Waals surface area contributed by atoms with E-state index in [0.29, 0.717) is 0 Å². The molecule has 3 nitrogen and oxygen atoms in total. The summed E-state index contributed by atoms with van der Waals surface area (Å²) in [6.07, 6.45) is 1.04. The third-order valence-electron chi connectivity index (χ3n) is 3.80. The number of thiophene rings is 1. The van der Waals surface area contributed by atoms with Crippen LogP contribution in [0.1, 0.15) is 26.8 Å². The van der Waals surface area contributed by atoms with Gasteiger partial charge >= 0.3 is 0 Å². The van der Waals surface area contributed by atoms with Crippen LogP contribution in [0.4, 0.5) is 0 Å². The smallest absolute Gasteiger partial charge is 0.133 e. The van der Waals surface area contributed by atoms with Gasteiger partial charge in [0.05, 0.1) is 5.69 Å². The van der Waals surface area contributed by atoms with E-state index in [4.69, 9.17) is 4.52 Å². The Bertz CT molecular complexity index is 690. The van der Waals surface area contributed by atoms with Gasteiger partial charge in [-0.1, -0.05) is 35.5 Å². The molecule has 4 heteroatoms. The summed E-state index contributed by atoms with van der Waals surface area (Å²) in [5, 5.41) is 4.14. The number of aryl methyl sites for hydroxylation is 2. The van der Waals surface area contributed by atoms with Crippen molar-refractivity contribution < 1.29 is 4.52 Å². The zero-order valence-electron chi connectivity index (χ0n) is 13.7. The lowest BCUT2D eigenvalue weighted by Crippen LogP contribution is -2.25. The Kier molecular flexibility index (Phi) is 5.26. The molecule has 1 aromatic carbocycles. The standard InChI is InChI=1S/C19H22N2OS/c1-15-12-18(20-22-15)13-21(14-19-9-8-16(2)23-19)11-10-17-6-4-3-5-7-17/h3-9,12H,10-11,13-14H2,1-2H3. The van der Waals surface area contributed by atoms with E-state index in [1.54, 1.807) is 0 Å². The van der Waals surface area contributed by atoms with Crippen molar-refractivity contribution in [1.29, 1.82) is 0 Å². The first-order valence-electron chi connectivity index (χ1n) is 7.93. The van der Waals surface area contributed by atoms with Gasteiger partial charge in [-0.25, -0.2) is 0 Å². The molecule has 0 saturated heterocycles. The molecule has 2 heterocycles. The van der Waals surface area contributed by atoms with E-state index in [1.165, 1.54) is 15.3 Å². The SMILES string of the molecule is Cc1cc(CN(CCc2ccccc2)Cc2ccc(C)s2)no1. The topological polar surface area (TPSA) is 29.3 Å². The summed E-state index contributed by atoms with van der Waals surface area (Å²) in [7, 11) is 0. The van der Waals surface area contributed by atoms with E-state index >= 15 is 0 Å². The summed E-state index contributed by atoms with van der Waals surface area (Å²) in [5.41, 5.74) is 2.38. The molecule has 3 rings (SSSR count). The van der Waals surface area contributed by atoms with Gasteiger partial charge in [-0.3, -0.25) is 4.90 Å². The van der Waals surface area contributed by atoms with Gasteiger partial charge in [0.2, 0.25) is 0 Å². The predicted molar refractivity (Wildman–Crippen MR) is 94.6 cm³/mol. The molecule has 23 heavy (non-hydrogen) atoms. The fourth-order valence-electron chi connectivity index (χ4n) is 2.66. The minimum Gasteiger partial charge on any atom is -0.361 e. The van der Waals surface area contributed by atoms with Crippen molar-refractivity contribution in [2.24, 2.45) is 0 Å². The molecule has 120 valence electrons. The van der Waals surface area contributed by atoms with Crippen molar-refractivity contribution in [3.8, 4) is 0 Å².